The lowest BCUT2D eigenvalue weighted by atomic mass is 10.1. The average Bonchev–Trinajstić information content (AvgIpc) is 3.86. The van der Waals surface area contributed by atoms with Gasteiger partial charge in [0.25, 0.3) is 0 Å². The summed E-state index contributed by atoms with van der Waals surface area (Å²) >= 11 is 13.4. The molecule has 3 heterocycles. The normalized spacial score (nSPS) is 15.0. The van der Waals surface area contributed by atoms with Crippen molar-refractivity contribution < 1.29 is 19.1 Å². The molecular formula is C30H23Cl2FN6O4S. The zero-order valence-corrected chi connectivity index (χ0v) is 25.3. The van der Waals surface area contributed by atoms with Gasteiger partial charge < -0.3 is 19.5 Å². The lowest BCUT2D eigenvalue weighted by molar-refractivity contribution is -0.128. The van der Waals surface area contributed by atoms with Gasteiger partial charge in [0.1, 0.15) is 23.0 Å². The van der Waals surface area contributed by atoms with Crippen molar-refractivity contribution in [1.29, 1.82) is 5.26 Å². The van der Waals surface area contributed by atoms with Crippen molar-refractivity contribution in [2.45, 2.75) is 24.0 Å². The highest BCUT2D eigenvalue weighted by atomic mass is 35.5. The number of carbonyl (C=O) groups is 2. The Bertz CT molecular complexity index is 1920. The van der Waals surface area contributed by atoms with Crippen molar-refractivity contribution in [3.63, 3.8) is 0 Å². The van der Waals surface area contributed by atoms with Crippen LogP contribution in [0, 0.1) is 17.1 Å². The zero-order chi connectivity index (χ0) is 31.1. The smallest absolute Gasteiger partial charge is 0.341 e. The third kappa shape index (κ3) is 5.83. The highest BCUT2D eigenvalue weighted by molar-refractivity contribution is 7.99. The summed E-state index contributed by atoms with van der Waals surface area (Å²) < 4.78 is 17.1. The molecule has 0 radical (unpaired) electrons. The van der Waals surface area contributed by atoms with Crippen molar-refractivity contribution >= 4 is 63.4 Å². The number of carbonyl (C=O) groups excluding carboxylic acids is 1. The number of nitriles is 1. The van der Waals surface area contributed by atoms with E-state index in [0.29, 0.717) is 53.7 Å². The lowest BCUT2D eigenvalue weighted by Crippen LogP contribution is -2.49. The number of thioether (sulfide) groups is 1. The summed E-state index contributed by atoms with van der Waals surface area (Å²) in [6.07, 6.45) is 3.05. The van der Waals surface area contributed by atoms with Gasteiger partial charge in [0.15, 0.2) is 10.3 Å². The number of hydrogen-bond donors (Lipinski definition) is 1. The number of halogens is 3. The minimum atomic E-state index is -1.34. The summed E-state index contributed by atoms with van der Waals surface area (Å²) in [7, 11) is 0. The van der Waals surface area contributed by atoms with Crippen molar-refractivity contribution in [2.75, 3.05) is 36.8 Å². The average molecular weight is 654 g/mol. The Morgan fingerprint density at radius 1 is 1.09 bits per heavy atom. The predicted octanol–water partition coefficient (Wildman–Crippen LogP) is 5.25. The number of piperazine rings is 1. The van der Waals surface area contributed by atoms with E-state index in [1.165, 1.54) is 6.20 Å². The Morgan fingerprint density at radius 3 is 2.43 bits per heavy atom. The molecule has 0 unspecified atom stereocenters. The first kappa shape index (κ1) is 29.9. The molecule has 44 heavy (non-hydrogen) atoms. The molecule has 1 aliphatic heterocycles. The number of fused-ring (bicyclic) bond motifs is 1. The fourth-order valence-corrected chi connectivity index (χ4v) is 6.35. The first-order chi connectivity index (χ1) is 21.1. The van der Waals surface area contributed by atoms with Gasteiger partial charge in [0.05, 0.1) is 22.7 Å². The van der Waals surface area contributed by atoms with Crippen molar-refractivity contribution in [3.05, 3.63) is 79.9 Å². The fraction of sp³-hybridized carbons (Fsp3) is 0.267. The number of pyridine rings is 1. The molecule has 2 aliphatic rings. The number of aromatic carboxylic acids is 1. The molecule has 2 aromatic carbocycles. The standard InChI is InChI=1S/C30H23Cl2FN6O4S/c31-17-3-1-16(2-4-17)26-20(13-34)28(32)36-30(35-26)44-15-25(40)38-9-7-37(8-10-38)24-12-23-19(11-22(24)33)27(41)21(29(42)43)14-39(23)18-5-6-18/h1-4,11-12,14,18H,5-10,15H2,(H,42,43). The van der Waals surface area contributed by atoms with E-state index in [0.717, 1.165) is 30.7 Å². The molecule has 0 atom stereocenters. The number of nitrogens with zero attached hydrogens (tertiary/aromatic N) is 6. The quantitative estimate of drug-likeness (QED) is 0.161. The van der Waals surface area contributed by atoms with E-state index in [-0.39, 0.29) is 44.5 Å². The maximum Gasteiger partial charge on any atom is 0.341 e. The van der Waals surface area contributed by atoms with Crippen LogP contribution in [0.5, 0.6) is 0 Å². The number of benzene rings is 2. The van der Waals surface area contributed by atoms with Gasteiger partial charge in [0.2, 0.25) is 11.3 Å². The predicted molar refractivity (Wildman–Crippen MR) is 165 cm³/mol. The van der Waals surface area contributed by atoms with Gasteiger partial charge in [-0.05, 0) is 37.1 Å². The Hall–Kier alpha value is -4.18. The summed E-state index contributed by atoms with van der Waals surface area (Å²) in [4.78, 5) is 49.6. The summed E-state index contributed by atoms with van der Waals surface area (Å²) in [6.45, 7) is 1.41. The summed E-state index contributed by atoms with van der Waals surface area (Å²) in [5.74, 6) is -2.09. The maximum atomic E-state index is 15.3. The van der Waals surface area contributed by atoms with Crippen LogP contribution in [0.25, 0.3) is 22.2 Å². The van der Waals surface area contributed by atoms with Gasteiger partial charge in [-0.15, -0.1) is 0 Å². The highest BCUT2D eigenvalue weighted by Crippen LogP contribution is 2.38. The van der Waals surface area contributed by atoms with Gasteiger partial charge in [-0.2, -0.15) is 5.26 Å². The van der Waals surface area contributed by atoms with Crippen LogP contribution in [0.3, 0.4) is 0 Å². The molecule has 1 amide bonds. The van der Waals surface area contributed by atoms with Crippen LogP contribution < -0.4 is 10.3 Å². The summed E-state index contributed by atoms with van der Waals surface area (Å²) in [6, 6.07) is 11.6. The number of rotatable bonds is 7. The maximum absolute atomic E-state index is 15.3. The molecule has 1 saturated heterocycles. The molecule has 224 valence electrons. The number of carboxylic acids is 1. The van der Waals surface area contributed by atoms with E-state index in [1.54, 1.807) is 39.8 Å². The molecule has 14 heteroatoms. The molecular weight excluding hydrogens is 630 g/mol. The summed E-state index contributed by atoms with van der Waals surface area (Å²) in [5, 5.41) is 19.9. The number of aromatic nitrogens is 3. The Balaban J connectivity index is 1.15. The second kappa shape index (κ2) is 12.1. The van der Waals surface area contributed by atoms with Crippen LogP contribution in [0.15, 0.2) is 52.5 Å². The second-order valence-corrected chi connectivity index (χ2v) is 12.2. The fourth-order valence-electron chi connectivity index (χ4n) is 5.22. The molecule has 10 nitrogen and oxygen atoms in total. The third-order valence-electron chi connectivity index (χ3n) is 7.64. The van der Waals surface area contributed by atoms with Gasteiger partial charge in [-0.1, -0.05) is 47.1 Å². The number of amides is 1. The molecule has 6 rings (SSSR count). The van der Waals surface area contributed by atoms with Crippen LogP contribution >= 0.6 is 35.0 Å². The van der Waals surface area contributed by atoms with E-state index in [9.17, 15) is 24.8 Å². The van der Waals surface area contributed by atoms with E-state index < -0.39 is 17.2 Å². The number of carboxylic acid groups (broad SMARTS) is 1. The Labute approximate surface area is 264 Å². The van der Waals surface area contributed by atoms with E-state index in [4.69, 9.17) is 23.2 Å². The Morgan fingerprint density at radius 2 is 1.80 bits per heavy atom. The number of hydrogen-bond acceptors (Lipinski definition) is 8. The van der Waals surface area contributed by atoms with Gasteiger partial charge in [0, 0.05) is 54.4 Å². The SMILES string of the molecule is N#Cc1c(Cl)nc(SCC(=O)N2CCN(c3cc4c(cc3F)c(=O)c(C(=O)O)cn4C3CC3)CC2)nc1-c1ccc(Cl)cc1. The third-order valence-corrected chi connectivity index (χ3v) is 9.00. The summed E-state index contributed by atoms with van der Waals surface area (Å²) in [5.41, 5.74) is 0.803. The van der Waals surface area contributed by atoms with Crippen molar-refractivity contribution in [1.82, 2.24) is 19.4 Å². The van der Waals surface area contributed by atoms with Crippen LogP contribution in [0.1, 0.15) is 34.8 Å². The zero-order valence-electron chi connectivity index (χ0n) is 23.0. The molecule has 4 aromatic rings. The van der Waals surface area contributed by atoms with Crippen LogP contribution in [0.2, 0.25) is 10.2 Å². The topological polar surface area (TPSA) is 132 Å². The highest BCUT2D eigenvalue weighted by Gasteiger charge is 2.29. The van der Waals surface area contributed by atoms with E-state index in [2.05, 4.69) is 9.97 Å². The van der Waals surface area contributed by atoms with Gasteiger partial charge in [-0.3, -0.25) is 9.59 Å². The van der Waals surface area contributed by atoms with Crippen molar-refractivity contribution in [3.8, 4) is 17.3 Å². The first-order valence-electron chi connectivity index (χ1n) is 13.7. The molecule has 0 bridgehead atoms. The van der Waals surface area contributed by atoms with E-state index >= 15 is 4.39 Å². The minimum absolute atomic E-state index is 0.0142. The van der Waals surface area contributed by atoms with E-state index in [1.807, 2.05) is 11.0 Å². The Kier molecular flexibility index (Phi) is 8.20. The molecule has 0 spiro atoms. The van der Waals surface area contributed by atoms with Gasteiger partial charge in [-0.25, -0.2) is 19.2 Å². The lowest BCUT2D eigenvalue weighted by Gasteiger charge is -2.36. The van der Waals surface area contributed by atoms with Crippen LogP contribution in [-0.2, 0) is 4.79 Å². The molecule has 2 aromatic heterocycles. The minimum Gasteiger partial charge on any atom is -0.477 e. The van der Waals surface area contributed by atoms with Crippen LogP contribution in [0.4, 0.5) is 10.1 Å². The second-order valence-electron chi connectivity index (χ2n) is 10.4. The molecule has 1 N–H and O–H groups in total. The monoisotopic (exact) mass is 652 g/mol. The molecule has 1 aliphatic carbocycles. The largest absolute Gasteiger partial charge is 0.477 e. The number of anilines is 1. The molecule has 2 fully saturated rings. The van der Waals surface area contributed by atoms with Crippen molar-refractivity contribution in [2.24, 2.45) is 0 Å². The van der Waals surface area contributed by atoms with Crippen LogP contribution in [-0.4, -0.2) is 68.3 Å². The first-order valence-corrected chi connectivity index (χ1v) is 15.4. The molecule has 1 saturated carbocycles. The van der Waals surface area contributed by atoms with Gasteiger partial charge >= 0.3 is 5.97 Å².